The van der Waals surface area contributed by atoms with Crippen LogP contribution in [0.15, 0.2) is 35.6 Å². The van der Waals surface area contributed by atoms with Crippen molar-refractivity contribution in [1.82, 2.24) is 20.4 Å². The Kier molecular flexibility index (Phi) is 9.47. The van der Waals surface area contributed by atoms with Gasteiger partial charge in [0.05, 0.1) is 12.3 Å². The first-order valence-corrected chi connectivity index (χ1v) is 8.70. The minimum atomic E-state index is 0. The lowest BCUT2D eigenvalue weighted by Crippen LogP contribution is -2.36. The Labute approximate surface area is 173 Å². The van der Waals surface area contributed by atoms with Gasteiger partial charge in [-0.1, -0.05) is 19.1 Å². The van der Waals surface area contributed by atoms with E-state index in [1.807, 2.05) is 19.4 Å². The normalized spacial score (nSPS) is 12.3. The highest BCUT2D eigenvalue weighted by Crippen LogP contribution is 2.22. The van der Waals surface area contributed by atoms with Crippen molar-refractivity contribution in [2.24, 2.45) is 12.0 Å². The Balaban J connectivity index is 0.00000338. The number of benzene rings is 1. The maximum Gasteiger partial charge on any atom is 0.191 e. The fourth-order valence-electron chi connectivity index (χ4n) is 2.37. The molecule has 2 N–H and O–H groups in total. The highest BCUT2D eigenvalue weighted by molar-refractivity contribution is 14.0. The van der Waals surface area contributed by atoms with Gasteiger partial charge >= 0.3 is 0 Å². The molecule has 1 atom stereocenters. The standard InChI is InChI=1S/C19H29N5O.HI/c1-6-15(3)25-18-9-14(2)7-8-17(18)12-22-19(20-4)21-10-16-11-23-24(5)13-16;/h7-9,11,13,15H,6,10,12H2,1-5H3,(H2,20,21,22);1H. The number of aliphatic imine (C=N–C) groups is 1. The van der Waals surface area contributed by atoms with Crippen LogP contribution >= 0.6 is 24.0 Å². The molecule has 7 heteroatoms. The third-order valence-corrected chi connectivity index (χ3v) is 4.01. The molecular weight excluding hydrogens is 441 g/mol. The SMILES string of the molecule is CCC(C)Oc1cc(C)ccc1CNC(=NC)NCc1cnn(C)c1.I. The van der Waals surface area contributed by atoms with E-state index in [0.29, 0.717) is 13.1 Å². The number of ether oxygens (including phenoxy) is 1. The molecule has 2 aromatic rings. The van der Waals surface area contributed by atoms with Crippen molar-refractivity contribution in [1.29, 1.82) is 0 Å². The van der Waals surface area contributed by atoms with E-state index in [2.05, 4.69) is 59.7 Å². The zero-order chi connectivity index (χ0) is 18.2. The zero-order valence-corrected chi connectivity index (χ0v) is 18.6. The van der Waals surface area contributed by atoms with Crippen LogP contribution in [0.2, 0.25) is 0 Å². The van der Waals surface area contributed by atoms with Gasteiger partial charge in [0.1, 0.15) is 5.75 Å². The zero-order valence-electron chi connectivity index (χ0n) is 16.2. The van der Waals surface area contributed by atoms with E-state index in [9.17, 15) is 0 Å². The Bertz CT molecular complexity index is 714. The summed E-state index contributed by atoms with van der Waals surface area (Å²) in [6.45, 7) is 7.63. The van der Waals surface area contributed by atoms with Crippen molar-refractivity contribution < 1.29 is 4.74 Å². The number of halogens is 1. The van der Waals surface area contributed by atoms with Crippen molar-refractivity contribution in [2.75, 3.05) is 7.05 Å². The van der Waals surface area contributed by atoms with Crippen molar-refractivity contribution in [3.63, 3.8) is 0 Å². The molecule has 0 aliphatic heterocycles. The van der Waals surface area contributed by atoms with Gasteiger partial charge in [0, 0.05) is 44.5 Å². The number of rotatable bonds is 7. The molecule has 0 spiro atoms. The molecule has 1 unspecified atom stereocenters. The van der Waals surface area contributed by atoms with Crippen LogP contribution in [0.5, 0.6) is 5.75 Å². The average molecular weight is 471 g/mol. The number of hydrogen-bond donors (Lipinski definition) is 2. The number of aromatic nitrogens is 2. The number of guanidine groups is 1. The third-order valence-electron chi connectivity index (χ3n) is 4.01. The van der Waals surface area contributed by atoms with Crippen molar-refractivity contribution >= 4 is 29.9 Å². The number of nitrogens with zero attached hydrogens (tertiary/aromatic N) is 3. The highest BCUT2D eigenvalue weighted by Gasteiger charge is 2.09. The predicted octanol–water partition coefficient (Wildman–Crippen LogP) is 3.39. The van der Waals surface area contributed by atoms with Gasteiger partial charge in [0.2, 0.25) is 0 Å². The van der Waals surface area contributed by atoms with Gasteiger partial charge in [-0.05, 0) is 31.9 Å². The van der Waals surface area contributed by atoms with Crippen molar-refractivity contribution in [2.45, 2.75) is 46.4 Å². The maximum absolute atomic E-state index is 6.06. The average Bonchev–Trinajstić information content (AvgIpc) is 3.01. The second kappa shape index (κ2) is 11.1. The summed E-state index contributed by atoms with van der Waals surface area (Å²) in [6.07, 6.45) is 5.01. The summed E-state index contributed by atoms with van der Waals surface area (Å²) < 4.78 is 7.85. The van der Waals surface area contributed by atoms with Gasteiger partial charge in [-0.3, -0.25) is 9.67 Å². The Morgan fingerprint density at radius 1 is 1.31 bits per heavy atom. The van der Waals surface area contributed by atoms with Gasteiger partial charge in [0.15, 0.2) is 5.96 Å². The summed E-state index contributed by atoms with van der Waals surface area (Å²) in [5.41, 5.74) is 3.43. The van der Waals surface area contributed by atoms with E-state index in [-0.39, 0.29) is 30.1 Å². The van der Waals surface area contributed by atoms with Gasteiger partial charge in [-0.15, -0.1) is 24.0 Å². The predicted molar refractivity (Wildman–Crippen MR) is 117 cm³/mol. The second-order valence-corrected chi connectivity index (χ2v) is 6.25. The molecule has 0 bridgehead atoms. The molecule has 0 saturated heterocycles. The lowest BCUT2D eigenvalue weighted by Gasteiger charge is -2.18. The van der Waals surface area contributed by atoms with E-state index in [4.69, 9.17) is 4.74 Å². The lowest BCUT2D eigenvalue weighted by molar-refractivity contribution is 0.215. The molecule has 0 amide bonds. The topological polar surface area (TPSA) is 63.5 Å². The molecule has 1 heterocycles. The smallest absolute Gasteiger partial charge is 0.191 e. The quantitative estimate of drug-likeness (QED) is 0.369. The van der Waals surface area contributed by atoms with E-state index < -0.39 is 0 Å². The number of aryl methyl sites for hydroxylation is 2. The van der Waals surface area contributed by atoms with Crippen LogP contribution in [0.1, 0.15) is 37.0 Å². The molecule has 0 radical (unpaired) electrons. The summed E-state index contributed by atoms with van der Waals surface area (Å²) in [6, 6.07) is 6.30. The second-order valence-electron chi connectivity index (χ2n) is 6.25. The first-order valence-electron chi connectivity index (χ1n) is 8.70. The summed E-state index contributed by atoms with van der Waals surface area (Å²) in [7, 11) is 3.68. The van der Waals surface area contributed by atoms with E-state index in [0.717, 1.165) is 29.3 Å². The number of hydrogen-bond acceptors (Lipinski definition) is 3. The fraction of sp³-hybridized carbons (Fsp3) is 0.474. The molecule has 1 aromatic heterocycles. The van der Waals surface area contributed by atoms with Crippen LogP contribution in [0.3, 0.4) is 0 Å². The molecule has 0 saturated carbocycles. The van der Waals surface area contributed by atoms with Crippen LogP contribution in [0, 0.1) is 6.92 Å². The highest BCUT2D eigenvalue weighted by atomic mass is 127. The maximum atomic E-state index is 6.06. The van der Waals surface area contributed by atoms with Crippen LogP contribution in [0.25, 0.3) is 0 Å². The molecule has 26 heavy (non-hydrogen) atoms. The van der Waals surface area contributed by atoms with E-state index in [1.54, 1.807) is 11.7 Å². The van der Waals surface area contributed by atoms with Gasteiger partial charge in [-0.25, -0.2) is 0 Å². The molecular formula is C19H30IN5O. The van der Waals surface area contributed by atoms with Crippen LogP contribution < -0.4 is 15.4 Å². The van der Waals surface area contributed by atoms with Gasteiger partial charge in [-0.2, -0.15) is 5.10 Å². The molecule has 6 nitrogen and oxygen atoms in total. The first kappa shape index (κ1) is 22.3. The van der Waals surface area contributed by atoms with Gasteiger partial charge < -0.3 is 15.4 Å². The minimum absolute atomic E-state index is 0. The largest absolute Gasteiger partial charge is 0.490 e. The van der Waals surface area contributed by atoms with Crippen LogP contribution in [0.4, 0.5) is 0 Å². The molecule has 0 fully saturated rings. The minimum Gasteiger partial charge on any atom is -0.490 e. The summed E-state index contributed by atoms with van der Waals surface area (Å²) in [5.74, 6) is 1.68. The Morgan fingerprint density at radius 3 is 2.65 bits per heavy atom. The fourth-order valence-corrected chi connectivity index (χ4v) is 2.37. The lowest BCUT2D eigenvalue weighted by atomic mass is 10.1. The van der Waals surface area contributed by atoms with Crippen LogP contribution in [-0.4, -0.2) is 28.9 Å². The van der Waals surface area contributed by atoms with Gasteiger partial charge in [0.25, 0.3) is 0 Å². The van der Waals surface area contributed by atoms with E-state index in [1.165, 1.54) is 5.56 Å². The molecule has 2 rings (SSSR count). The van der Waals surface area contributed by atoms with E-state index >= 15 is 0 Å². The monoisotopic (exact) mass is 471 g/mol. The summed E-state index contributed by atoms with van der Waals surface area (Å²) in [4.78, 5) is 4.28. The molecule has 0 aliphatic carbocycles. The number of nitrogens with one attached hydrogen (secondary N) is 2. The van der Waals surface area contributed by atoms with Crippen molar-refractivity contribution in [3.8, 4) is 5.75 Å². The third kappa shape index (κ3) is 6.86. The Hall–Kier alpha value is -1.77. The molecule has 1 aromatic carbocycles. The summed E-state index contributed by atoms with van der Waals surface area (Å²) >= 11 is 0. The Morgan fingerprint density at radius 2 is 2.04 bits per heavy atom. The molecule has 0 aliphatic rings. The van der Waals surface area contributed by atoms with Crippen molar-refractivity contribution in [3.05, 3.63) is 47.3 Å². The summed E-state index contributed by atoms with van der Waals surface area (Å²) in [5, 5.41) is 10.8. The van der Waals surface area contributed by atoms with Crippen LogP contribution in [-0.2, 0) is 20.1 Å². The first-order chi connectivity index (χ1) is 12.0. The molecule has 144 valence electrons.